The summed E-state index contributed by atoms with van der Waals surface area (Å²) >= 11 is 0. The molecule has 0 aliphatic heterocycles. The van der Waals surface area contributed by atoms with Crippen LogP contribution in [0.5, 0.6) is 0 Å². The average Bonchev–Trinajstić information content (AvgIpc) is 2.97. The molecule has 0 bridgehead atoms. The number of carbonyl (C=O) groups is 2. The molecule has 0 aromatic heterocycles. The molecule has 4 aromatic carbocycles. The van der Waals surface area contributed by atoms with Crippen LogP contribution in [0.2, 0.25) is 0 Å². The summed E-state index contributed by atoms with van der Waals surface area (Å²) in [7, 11) is 0. The van der Waals surface area contributed by atoms with Gasteiger partial charge in [-0.2, -0.15) is 0 Å². The fourth-order valence-corrected chi connectivity index (χ4v) is 4.74. The third kappa shape index (κ3) is 7.67. The summed E-state index contributed by atoms with van der Waals surface area (Å²) in [6.07, 6.45) is -1.23. The summed E-state index contributed by atoms with van der Waals surface area (Å²) < 4.78 is 12.0. The highest BCUT2D eigenvalue weighted by Gasteiger charge is 2.42. The third-order valence-corrected chi connectivity index (χ3v) is 6.66. The highest BCUT2D eigenvalue weighted by Crippen LogP contribution is 2.37. The lowest BCUT2D eigenvalue weighted by Crippen LogP contribution is -2.46. The molecule has 4 rings (SSSR count). The second kappa shape index (κ2) is 13.2. The zero-order valence-corrected chi connectivity index (χ0v) is 23.6. The fourth-order valence-electron chi connectivity index (χ4n) is 4.74. The van der Waals surface area contributed by atoms with Crippen LogP contribution in [0.25, 0.3) is 0 Å². The molecular weight excluding hydrogens is 498 g/mol. The number of hydrogen-bond acceptors (Lipinski definition) is 5. The molecule has 0 spiro atoms. The third-order valence-electron chi connectivity index (χ3n) is 6.66. The number of rotatable bonds is 10. The Morgan fingerprint density at radius 2 is 1.18 bits per heavy atom. The predicted octanol–water partition coefficient (Wildman–Crippen LogP) is 7.56. The SMILES string of the molecule is C[C@@H](c1ccccc1)N(Cc1ccccc1)C(c1ccccc1)[C@@H](OC(=O)c1ccccc1)C(=O)OC(C)(C)C. The molecule has 0 fully saturated rings. The number of ether oxygens (including phenoxy) is 2. The second-order valence-electron chi connectivity index (χ2n) is 10.8. The number of esters is 2. The van der Waals surface area contributed by atoms with Crippen molar-refractivity contribution in [2.45, 2.75) is 58.0 Å². The van der Waals surface area contributed by atoms with Gasteiger partial charge in [0.05, 0.1) is 11.6 Å². The van der Waals surface area contributed by atoms with Crippen molar-refractivity contribution in [1.82, 2.24) is 4.90 Å². The first-order valence-electron chi connectivity index (χ1n) is 13.6. The van der Waals surface area contributed by atoms with Crippen molar-refractivity contribution < 1.29 is 19.1 Å². The Balaban J connectivity index is 1.86. The van der Waals surface area contributed by atoms with Crippen LogP contribution in [-0.2, 0) is 20.8 Å². The van der Waals surface area contributed by atoms with E-state index in [1.54, 1.807) is 24.3 Å². The smallest absolute Gasteiger partial charge is 0.350 e. The van der Waals surface area contributed by atoms with E-state index in [-0.39, 0.29) is 6.04 Å². The monoisotopic (exact) mass is 535 g/mol. The van der Waals surface area contributed by atoms with E-state index in [1.807, 2.05) is 93.6 Å². The van der Waals surface area contributed by atoms with E-state index < -0.39 is 29.7 Å². The first-order valence-corrected chi connectivity index (χ1v) is 13.6. The Labute approximate surface area is 237 Å². The van der Waals surface area contributed by atoms with Crippen molar-refractivity contribution in [2.24, 2.45) is 0 Å². The predicted molar refractivity (Wildman–Crippen MR) is 158 cm³/mol. The van der Waals surface area contributed by atoms with Gasteiger partial charge >= 0.3 is 11.9 Å². The van der Waals surface area contributed by atoms with Crippen molar-refractivity contribution in [1.29, 1.82) is 0 Å². The molecule has 0 heterocycles. The van der Waals surface area contributed by atoms with E-state index in [9.17, 15) is 9.59 Å². The highest BCUT2D eigenvalue weighted by molar-refractivity contribution is 5.91. The molecule has 1 unspecified atom stereocenters. The zero-order valence-electron chi connectivity index (χ0n) is 23.6. The molecule has 0 amide bonds. The molecule has 0 aliphatic rings. The minimum atomic E-state index is -1.23. The number of nitrogens with zero attached hydrogens (tertiary/aromatic N) is 1. The minimum absolute atomic E-state index is 0.132. The summed E-state index contributed by atoms with van der Waals surface area (Å²) in [6, 6.07) is 37.9. The van der Waals surface area contributed by atoms with Crippen molar-refractivity contribution in [2.75, 3.05) is 0 Å². The quantitative estimate of drug-likeness (QED) is 0.196. The van der Waals surface area contributed by atoms with Crippen LogP contribution in [0.15, 0.2) is 121 Å². The average molecular weight is 536 g/mol. The van der Waals surface area contributed by atoms with Crippen LogP contribution < -0.4 is 0 Å². The van der Waals surface area contributed by atoms with Gasteiger partial charge in [0.2, 0.25) is 6.10 Å². The van der Waals surface area contributed by atoms with Gasteiger partial charge in [-0.3, -0.25) is 4.90 Å². The lowest BCUT2D eigenvalue weighted by atomic mass is 9.94. The Kier molecular flexibility index (Phi) is 9.52. The normalized spacial score (nSPS) is 13.7. The van der Waals surface area contributed by atoms with E-state index in [0.29, 0.717) is 12.1 Å². The summed E-state index contributed by atoms with van der Waals surface area (Å²) in [5, 5.41) is 0. The second-order valence-corrected chi connectivity index (χ2v) is 10.8. The Morgan fingerprint density at radius 3 is 1.70 bits per heavy atom. The van der Waals surface area contributed by atoms with Gasteiger partial charge in [-0.15, -0.1) is 0 Å². The largest absolute Gasteiger partial charge is 0.457 e. The molecule has 0 aliphatic carbocycles. The Hall–Kier alpha value is -4.22. The van der Waals surface area contributed by atoms with Crippen LogP contribution in [0.1, 0.15) is 66.8 Å². The first-order chi connectivity index (χ1) is 19.2. The maximum Gasteiger partial charge on any atom is 0.350 e. The zero-order chi connectivity index (χ0) is 28.5. The molecule has 3 atom stereocenters. The maximum absolute atomic E-state index is 13.9. The van der Waals surface area contributed by atoms with Crippen LogP contribution in [-0.4, -0.2) is 28.5 Å². The van der Waals surface area contributed by atoms with E-state index in [4.69, 9.17) is 9.47 Å². The molecular formula is C35H37NO4. The van der Waals surface area contributed by atoms with Gasteiger partial charge in [0.25, 0.3) is 0 Å². The van der Waals surface area contributed by atoms with Crippen LogP contribution in [0.3, 0.4) is 0 Å². The summed E-state index contributed by atoms with van der Waals surface area (Å²) in [4.78, 5) is 29.6. The topological polar surface area (TPSA) is 55.8 Å². The lowest BCUT2D eigenvalue weighted by molar-refractivity contribution is -0.170. The summed E-state index contributed by atoms with van der Waals surface area (Å²) in [5.41, 5.74) is 2.59. The van der Waals surface area contributed by atoms with Gasteiger partial charge in [0.15, 0.2) is 0 Å². The van der Waals surface area contributed by atoms with Gasteiger partial charge in [0.1, 0.15) is 5.60 Å². The summed E-state index contributed by atoms with van der Waals surface area (Å²) in [5.74, 6) is -1.17. The maximum atomic E-state index is 13.9. The van der Waals surface area contributed by atoms with E-state index in [0.717, 1.165) is 16.7 Å². The van der Waals surface area contributed by atoms with Crippen LogP contribution in [0, 0.1) is 0 Å². The first kappa shape index (κ1) is 28.8. The Morgan fingerprint density at radius 1 is 0.700 bits per heavy atom. The van der Waals surface area contributed by atoms with Crippen molar-refractivity contribution >= 4 is 11.9 Å². The summed E-state index contributed by atoms with van der Waals surface area (Å²) in [6.45, 7) is 8.06. The number of benzene rings is 4. The van der Waals surface area contributed by atoms with Crippen LogP contribution in [0.4, 0.5) is 0 Å². The van der Waals surface area contributed by atoms with E-state index in [1.165, 1.54) is 0 Å². The standard InChI is InChI=1S/C35H37NO4/c1-26(28-19-11-6-12-20-28)36(25-27-17-9-5-10-18-27)31(29-21-13-7-14-22-29)32(34(38)40-35(2,3)4)39-33(37)30-23-15-8-16-24-30/h5-24,26,31-32H,25H2,1-4H3/t26-,31?,32+/m0/s1. The minimum Gasteiger partial charge on any atom is -0.457 e. The van der Waals surface area contributed by atoms with Crippen LogP contribution >= 0.6 is 0 Å². The molecule has 5 nitrogen and oxygen atoms in total. The molecule has 206 valence electrons. The van der Waals surface area contributed by atoms with Gasteiger partial charge in [-0.1, -0.05) is 109 Å². The van der Waals surface area contributed by atoms with Crippen molar-refractivity contribution in [3.05, 3.63) is 144 Å². The Bertz CT molecular complexity index is 1350. The van der Waals surface area contributed by atoms with E-state index >= 15 is 0 Å². The molecule has 40 heavy (non-hydrogen) atoms. The molecule has 0 saturated carbocycles. The van der Waals surface area contributed by atoms with Crippen molar-refractivity contribution in [3.8, 4) is 0 Å². The molecule has 0 N–H and O–H groups in total. The van der Waals surface area contributed by atoms with Crippen molar-refractivity contribution in [3.63, 3.8) is 0 Å². The molecule has 0 saturated heterocycles. The highest BCUT2D eigenvalue weighted by atomic mass is 16.6. The molecule has 5 heteroatoms. The van der Waals surface area contributed by atoms with Gasteiger partial charge < -0.3 is 9.47 Å². The molecule has 0 radical (unpaired) electrons. The number of carbonyl (C=O) groups excluding carboxylic acids is 2. The molecule has 4 aromatic rings. The van der Waals surface area contributed by atoms with Gasteiger partial charge in [0, 0.05) is 12.6 Å². The lowest BCUT2D eigenvalue weighted by Gasteiger charge is -2.40. The number of hydrogen-bond donors (Lipinski definition) is 0. The van der Waals surface area contributed by atoms with Gasteiger partial charge in [-0.25, -0.2) is 9.59 Å². The van der Waals surface area contributed by atoms with E-state index in [2.05, 4.69) is 36.1 Å². The van der Waals surface area contributed by atoms with Gasteiger partial charge in [-0.05, 0) is 56.5 Å². The fraction of sp³-hybridized carbons (Fsp3) is 0.257.